The number of benzene rings is 2. The van der Waals surface area contributed by atoms with E-state index < -0.39 is 0 Å². The third-order valence-electron chi connectivity index (χ3n) is 5.01. The minimum atomic E-state index is 0.739. The Hall–Kier alpha value is -2.95. The topological polar surface area (TPSA) is 40.8 Å². The van der Waals surface area contributed by atoms with Crippen LogP contribution in [0.25, 0.3) is 22.0 Å². The van der Waals surface area contributed by atoms with Gasteiger partial charge in [-0.25, -0.2) is 0 Å². The van der Waals surface area contributed by atoms with Crippen LogP contribution in [-0.4, -0.2) is 28.4 Å². The maximum Gasteiger partial charge on any atom is 0.213 e. The predicted molar refractivity (Wildman–Crippen MR) is 111 cm³/mol. The molecule has 0 radical (unpaired) electrons. The van der Waals surface area contributed by atoms with Gasteiger partial charge in [0.15, 0.2) is 35.7 Å². The van der Waals surface area contributed by atoms with E-state index in [0.717, 1.165) is 52.4 Å². The molecule has 2 aromatic carbocycles. The van der Waals surface area contributed by atoms with E-state index in [-0.39, 0.29) is 0 Å². The first-order valence-electron chi connectivity index (χ1n) is 9.53. The van der Waals surface area contributed by atoms with Gasteiger partial charge in [0, 0.05) is 12.5 Å². The van der Waals surface area contributed by atoms with Crippen molar-refractivity contribution in [1.29, 1.82) is 0 Å². The van der Waals surface area contributed by atoms with E-state index in [9.17, 15) is 0 Å². The maximum absolute atomic E-state index is 5.60. The Labute approximate surface area is 166 Å². The Bertz CT molecular complexity index is 998. The van der Waals surface area contributed by atoms with Gasteiger partial charge in [0.1, 0.15) is 0 Å². The number of methoxy groups -OCH3 is 4. The fourth-order valence-corrected chi connectivity index (χ4v) is 3.71. The number of aryl methyl sites for hydroxylation is 2. The Balaban J connectivity index is 0.00000109. The van der Waals surface area contributed by atoms with Crippen LogP contribution in [0, 0.1) is 0 Å². The molecule has 0 saturated carbocycles. The quantitative estimate of drug-likeness (QED) is 0.627. The summed E-state index contributed by atoms with van der Waals surface area (Å²) in [5, 5.41) is 2.15. The van der Waals surface area contributed by atoms with Crippen molar-refractivity contribution in [2.24, 2.45) is 0 Å². The van der Waals surface area contributed by atoms with Crippen molar-refractivity contribution in [3.05, 3.63) is 42.1 Å². The number of nitrogens with zero attached hydrogens (tertiary/aromatic N) is 1. The normalized spacial score (nSPS) is 11.6. The lowest BCUT2D eigenvalue weighted by Crippen LogP contribution is -2.40. The molecule has 4 rings (SSSR count). The minimum absolute atomic E-state index is 0.739. The molecule has 0 fully saturated rings. The molecule has 5 nitrogen and oxygen atoms in total. The van der Waals surface area contributed by atoms with Gasteiger partial charge in [0.2, 0.25) is 5.69 Å². The summed E-state index contributed by atoms with van der Waals surface area (Å²) in [6.07, 6.45) is 3.08. The summed E-state index contributed by atoms with van der Waals surface area (Å²) in [6, 6.07) is 10.3. The fourth-order valence-electron chi connectivity index (χ4n) is 3.71. The summed E-state index contributed by atoms with van der Waals surface area (Å²) in [7, 11) is 6.67. The van der Waals surface area contributed by atoms with Crippen LogP contribution in [0.5, 0.6) is 23.0 Å². The average molecular weight is 382 g/mol. The molecule has 0 N–H and O–H groups in total. The molecule has 1 aliphatic heterocycles. The van der Waals surface area contributed by atoms with Crippen molar-refractivity contribution in [2.45, 2.75) is 26.8 Å². The Morgan fingerprint density at radius 3 is 2.11 bits per heavy atom. The number of aromatic nitrogens is 1. The van der Waals surface area contributed by atoms with E-state index in [1.807, 2.05) is 19.9 Å². The SMILES string of the molecule is CC.COc1cc2c(cc1OC)-c1cc3ccc(OC)c(OC)c3c[n+]1CC2. The van der Waals surface area contributed by atoms with Crippen LogP contribution in [0.3, 0.4) is 0 Å². The predicted octanol–water partition coefficient (Wildman–Crippen LogP) is 4.41. The lowest BCUT2D eigenvalue weighted by molar-refractivity contribution is -0.686. The highest BCUT2D eigenvalue weighted by Crippen LogP contribution is 2.39. The van der Waals surface area contributed by atoms with E-state index >= 15 is 0 Å². The molecule has 0 spiro atoms. The molecule has 5 heteroatoms. The number of hydrogen-bond acceptors (Lipinski definition) is 4. The zero-order valence-corrected chi connectivity index (χ0v) is 17.5. The number of ether oxygens (including phenoxy) is 4. The number of fused-ring (bicyclic) bond motifs is 4. The monoisotopic (exact) mass is 382 g/mol. The van der Waals surface area contributed by atoms with Crippen molar-refractivity contribution in [1.82, 2.24) is 0 Å². The second-order valence-electron chi connectivity index (χ2n) is 6.27. The second-order valence-corrected chi connectivity index (χ2v) is 6.27. The number of rotatable bonds is 4. The highest BCUT2D eigenvalue weighted by molar-refractivity contribution is 5.91. The van der Waals surface area contributed by atoms with Gasteiger partial charge in [-0.2, -0.15) is 4.57 Å². The summed E-state index contributed by atoms with van der Waals surface area (Å²) >= 11 is 0. The van der Waals surface area contributed by atoms with Crippen LogP contribution in [-0.2, 0) is 13.0 Å². The lowest BCUT2D eigenvalue weighted by atomic mass is 9.95. The summed E-state index contributed by atoms with van der Waals surface area (Å²) in [4.78, 5) is 0. The molecule has 0 bridgehead atoms. The highest BCUT2D eigenvalue weighted by atomic mass is 16.5. The molecule has 148 valence electrons. The van der Waals surface area contributed by atoms with Gasteiger partial charge in [-0.05, 0) is 35.2 Å². The van der Waals surface area contributed by atoms with E-state index in [2.05, 4.69) is 35.0 Å². The van der Waals surface area contributed by atoms with Gasteiger partial charge in [0.05, 0.1) is 39.4 Å². The second kappa shape index (κ2) is 8.38. The van der Waals surface area contributed by atoms with Crippen LogP contribution in [0.4, 0.5) is 0 Å². The fraction of sp³-hybridized carbons (Fsp3) is 0.348. The van der Waals surface area contributed by atoms with Crippen LogP contribution < -0.4 is 23.5 Å². The molecule has 28 heavy (non-hydrogen) atoms. The minimum Gasteiger partial charge on any atom is -0.493 e. The first-order valence-corrected chi connectivity index (χ1v) is 9.53. The van der Waals surface area contributed by atoms with Gasteiger partial charge in [-0.3, -0.25) is 0 Å². The molecule has 3 aromatic rings. The summed E-state index contributed by atoms with van der Waals surface area (Å²) < 4.78 is 24.3. The third kappa shape index (κ3) is 3.21. The maximum atomic E-state index is 5.60. The van der Waals surface area contributed by atoms with Gasteiger partial charge in [-0.1, -0.05) is 13.8 Å². The Kier molecular flexibility index (Phi) is 5.93. The van der Waals surface area contributed by atoms with Gasteiger partial charge >= 0.3 is 0 Å². The molecule has 0 amide bonds. The van der Waals surface area contributed by atoms with Crippen LogP contribution in [0.1, 0.15) is 19.4 Å². The van der Waals surface area contributed by atoms with Crippen molar-refractivity contribution in [3.8, 4) is 34.3 Å². The molecule has 0 atom stereocenters. The summed E-state index contributed by atoms with van der Waals surface area (Å²) in [5.41, 5.74) is 3.60. The summed E-state index contributed by atoms with van der Waals surface area (Å²) in [5.74, 6) is 3.01. The molecule has 1 aliphatic rings. The lowest BCUT2D eigenvalue weighted by Gasteiger charge is -2.19. The number of hydrogen-bond donors (Lipinski definition) is 0. The molecule has 1 aromatic heterocycles. The molecule has 0 saturated heterocycles. The highest BCUT2D eigenvalue weighted by Gasteiger charge is 2.27. The number of pyridine rings is 1. The third-order valence-corrected chi connectivity index (χ3v) is 5.01. The first kappa shape index (κ1) is 19.8. The standard InChI is InChI=1S/C21H22NO4.C2H6/c1-23-18-6-5-13-9-17-15-11-20(25-3)19(24-2)10-14(15)7-8-22(17)12-16(13)21(18)26-4;1-2/h5-6,9-12H,7-8H2,1-4H3;1-2H3/q+1;. The van der Waals surface area contributed by atoms with Crippen molar-refractivity contribution in [2.75, 3.05) is 28.4 Å². The summed E-state index contributed by atoms with van der Waals surface area (Å²) in [6.45, 7) is 4.90. The smallest absolute Gasteiger partial charge is 0.213 e. The zero-order valence-electron chi connectivity index (χ0n) is 17.5. The zero-order chi connectivity index (χ0) is 20.3. The van der Waals surface area contributed by atoms with Gasteiger partial charge in [-0.15, -0.1) is 0 Å². The molecule has 0 unspecified atom stereocenters. The van der Waals surface area contributed by atoms with E-state index in [1.54, 1.807) is 28.4 Å². The molecule has 2 heterocycles. The van der Waals surface area contributed by atoms with Gasteiger partial charge < -0.3 is 18.9 Å². The van der Waals surface area contributed by atoms with E-state index in [0.29, 0.717) is 0 Å². The largest absolute Gasteiger partial charge is 0.493 e. The molecule has 0 aliphatic carbocycles. The van der Waals surface area contributed by atoms with Crippen LogP contribution >= 0.6 is 0 Å². The van der Waals surface area contributed by atoms with Crippen LogP contribution in [0.2, 0.25) is 0 Å². The first-order chi connectivity index (χ1) is 13.7. The van der Waals surface area contributed by atoms with Gasteiger partial charge in [0.25, 0.3) is 0 Å². The van der Waals surface area contributed by atoms with E-state index in [1.165, 1.54) is 11.1 Å². The van der Waals surface area contributed by atoms with E-state index in [4.69, 9.17) is 18.9 Å². The Morgan fingerprint density at radius 1 is 0.786 bits per heavy atom. The van der Waals surface area contributed by atoms with Crippen molar-refractivity contribution in [3.63, 3.8) is 0 Å². The van der Waals surface area contributed by atoms with Crippen LogP contribution in [0.15, 0.2) is 36.5 Å². The van der Waals surface area contributed by atoms with Crippen molar-refractivity contribution < 1.29 is 23.5 Å². The van der Waals surface area contributed by atoms with Crippen molar-refractivity contribution >= 4 is 10.8 Å². The molecular weight excluding hydrogens is 354 g/mol. The molecular formula is C23H28NO4+. The Morgan fingerprint density at radius 2 is 1.46 bits per heavy atom. The average Bonchev–Trinajstić information content (AvgIpc) is 2.77.